The SMILES string of the molecule is CSCC(C)CNS(=O)(=O)c1cc([N+](=O)[O-])c(Cl)cc1C. The molecule has 1 atom stereocenters. The minimum atomic E-state index is -3.80. The summed E-state index contributed by atoms with van der Waals surface area (Å²) >= 11 is 7.38. The van der Waals surface area contributed by atoms with E-state index in [4.69, 9.17) is 11.6 Å². The topological polar surface area (TPSA) is 89.3 Å². The van der Waals surface area contributed by atoms with Crippen molar-refractivity contribution < 1.29 is 13.3 Å². The van der Waals surface area contributed by atoms with Crippen LogP contribution in [0, 0.1) is 23.0 Å². The van der Waals surface area contributed by atoms with Gasteiger partial charge in [0.25, 0.3) is 5.69 Å². The number of hydrogen-bond donors (Lipinski definition) is 1. The van der Waals surface area contributed by atoms with E-state index in [0.717, 1.165) is 11.8 Å². The van der Waals surface area contributed by atoms with Crippen LogP contribution in [0.15, 0.2) is 17.0 Å². The molecule has 21 heavy (non-hydrogen) atoms. The van der Waals surface area contributed by atoms with E-state index in [0.29, 0.717) is 5.56 Å². The molecule has 0 heterocycles. The van der Waals surface area contributed by atoms with Gasteiger partial charge in [0.2, 0.25) is 10.0 Å². The molecule has 0 spiro atoms. The third-order valence-corrected chi connectivity index (χ3v) is 5.57. The lowest BCUT2D eigenvalue weighted by atomic mass is 10.2. The average molecular weight is 353 g/mol. The summed E-state index contributed by atoms with van der Waals surface area (Å²) in [7, 11) is -3.80. The van der Waals surface area contributed by atoms with E-state index in [-0.39, 0.29) is 22.4 Å². The molecule has 0 bridgehead atoms. The summed E-state index contributed by atoms with van der Waals surface area (Å²) in [5.74, 6) is 0.986. The van der Waals surface area contributed by atoms with Crippen LogP contribution in [0.4, 0.5) is 5.69 Å². The number of nitrogens with zero attached hydrogens (tertiary/aromatic N) is 1. The Morgan fingerprint density at radius 3 is 2.62 bits per heavy atom. The second kappa shape index (κ2) is 7.44. The molecule has 0 amide bonds. The summed E-state index contributed by atoms with van der Waals surface area (Å²) in [6.45, 7) is 3.75. The Bertz CT molecular complexity index is 634. The third-order valence-electron chi connectivity index (χ3n) is 2.80. The van der Waals surface area contributed by atoms with Gasteiger partial charge in [0.05, 0.1) is 9.82 Å². The quantitative estimate of drug-likeness (QED) is 0.602. The van der Waals surface area contributed by atoms with Gasteiger partial charge in [-0.05, 0) is 36.5 Å². The zero-order chi connectivity index (χ0) is 16.2. The van der Waals surface area contributed by atoms with Gasteiger partial charge in [-0.2, -0.15) is 11.8 Å². The van der Waals surface area contributed by atoms with Gasteiger partial charge in [0.15, 0.2) is 0 Å². The van der Waals surface area contributed by atoms with E-state index in [1.54, 1.807) is 18.7 Å². The highest BCUT2D eigenvalue weighted by Crippen LogP contribution is 2.30. The zero-order valence-electron chi connectivity index (χ0n) is 11.9. The van der Waals surface area contributed by atoms with E-state index < -0.39 is 20.6 Å². The molecule has 1 N–H and O–H groups in total. The summed E-state index contributed by atoms with van der Waals surface area (Å²) < 4.78 is 27.0. The van der Waals surface area contributed by atoms with Gasteiger partial charge < -0.3 is 0 Å². The number of nitro benzene ring substituents is 1. The average Bonchev–Trinajstić information content (AvgIpc) is 2.36. The number of hydrogen-bond acceptors (Lipinski definition) is 5. The van der Waals surface area contributed by atoms with E-state index in [9.17, 15) is 18.5 Å². The second-order valence-corrected chi connectivity index (χ2v) is 7.79. The van der Waals surface area contributed by atoms with Gasteiger partial charge >= 0.3 is 0 Å². The number of thioether (sulfide) groups is 1. The summed E-state index contributed by atoms with van der Waals surface area (Å²) in [5, 5.41) is 10.8. The van der Waals surface area contributed by atoms with Crippen molar-refractivity contribution in [1.29, 1.82) is 0 Å². The van der Waals surface area contributed by atoms with Crippen molar-refractivity contribution in [1.82, 2.24) is 4.72 Å². The first-order valence-electron chi connectivity index (χ1n) is 6.12. The highest BCUT2D eigenvalue weighted by atomic mass is 35.5. The van der Waals surface area contributed by atoms with Crippen molar-refractivity contribution in [3.8, 4) is 0 Å². The number of sulfonamides is 1. The van der Waals surface area contributed by atoms with E-state index >= 15 is 0 Å². The predicted molar refractivity (Wildman–Crippen MR) is 85.6 cm³/mol. The molecule has 0 aliphatic rings. The standard InChI is InChI=1S/C12H17ClN2O4S2/c1-8(7-20-3)6-14-21(18,19)12-5-11(15(16)17)10(13)4-9(12)2/h4-5,8,14H,6-7H2,1-3H3. The Kier molecular flexibility index (Phi) is 6.45. The van der Waals surface area contributed by atoms with Crippen LogP contribution < -0.4 is 4.72 Å². The number of halogens is 1. The van der Waals surface area contributed by atoms with Gasteiger partial charge in [-0.15, -0.1) is 0 Å². The molecule has 1 unspecified atom stereocenters. The molecule has 1 aromatic rings. The number of nitro groups is 1. The third kappa shape index (κ3) is 4.84. The van der Waals surface area contributed by atoms with Crippen LogP contribution in [-0.4, -0.2) is 31.9 Å². The maximum Gasteiger partial charge on any atom is 0.289 e. The first-order chi connectivity index (χ1) is 9.69. The molecule has 0 radical (unpaired) electrons. The van der Waals surface area contributed by atoms with Crippen molar-refractivity contribution in [3.05, 3.63) is 32.8 Å². The monoisotopic (exact) mass is 352 g/mol. The molecule has 0 aromatic heterocycles. The van der Waals surface area contributed by atoms with Crippen LogP contribution in [0.3, 0.4) is 0 Å². The number of rotatable bonds is 7. The van der Waals surface area contributed by atoms with E-state index in [1.165, 1.54) is 6.07 Å². The van der Waals surface area contributed by atoms with Crippen LogP contribution in [0.5, 0.6) is 0 Å². The Morgan fingerprint density at radius 2 is 2.10 bits per heavy atom. The lowest BCUT2D eigenvalue weighted by Gasteiger charge is -2.13. The number of nitrogens with one attached hydrogen (secondary N) is 1. The van der Waals surface area contributed by atoms with Gasteiger partial charge in [-0.25, -0.2) is 13.1 Å². The fourth-order valence-electron chi connectivity index (χ4n) is 1.74. The molecule has 1 aromatic carbocycles. The molecule has 9 heteroatoms. The fraction of sp³-hybridized carbons (Fsp3) is 0.500. The highest BCUT2D eigenvalue weighted by molar-refractivity contribution is 7.98. The minimum Gasteiger partial charge on any atom is -0.258 e. The van der Waals surface area contributed by atoms with Gasteiger partial charge in [0.1, 0.15) is 5.02 Å². The van der Waals surface area contributed by atoms with Gasteiger partial charge in [-0.1, -0.05) is 18.5 Å². The molecule has 0 saturated heterocycles. The Labute approximate surface area is 133 Å². The Morgan fingerprint density at radius 1 is 1.48 bits per heavy atom. The second-order valence-electron chi connectivity index (χ2n) is 4.74. The van der Waals surface area contributed by atoms with Gasteiger partial charge in [-0.3, -0.25) is 10.1 Å². The van der Waals surface area contributed by atoms with Crippen molar-refractivity contribution in [2.45, 2.75) is 18.7 Å². The van der Waals surface area contributed by atoms with Crippen molar-refractivity contribution in [2.75, 3.05) is 18.6 Å². The Balaban J connectivity index is 3.08. The lowest BCUT2D eigenvalue weighted by Crippen LogP contribution is -2.29. The summed E-state index contributed by atoms with van der Waals surface area (Å²) in [6.07, 6.45) is 1.94. The fourth-order valence-corrected chi connectivity index (χ4v) is 4.13. The summed E-state index contributed by atoms with van der Waals surface area (Å²) in [6, 6.07) is 2.29. The maximum atomic E-state index is 12.3. The molecule has 118 valence electrons. The van der Waals surface area contributed by atoms with Crippen molar-refractivity contribution >= 4 is 39.1 Å². The first-order valence-corrected chi connectivity index (χ1v) is 9.37. The van der Waals surface area contributed by atoms with Crippen LogP contribution in [0.25, 0.3) is 0 Å². The summed E-state index contributed by atoms with van der Waals surface area (Å²) in [5.41, 5.74) is -0.0459. The molecule has 6 nitrogen and oxygen atoms in total. The van der Waals surface area contributed by atoms with E-state index in [1.807, 2.05) is 13.2 Å². The molecule has 0 aliphatic heterocycles. The van der Waals surface area contributed by atoms with Crippen LogP contribution in [-0.2, 0) is 10.0 Å². The molecular weight excluding hydrogens is 336 g/mol. The first kappa shape index (κ1) is 18.2. The molecule has 0 aliphatic carbocycles. The minimum absolute atomic E-state index is 0.0767. The molecule has 0 fully saturated rings. The smallest absolute Gasteiger partial charge is 0.258 e. The largest absolute Gasteiger partial charge is 0.289 e. The van der Waals surface area contributed by atoms with E-state index in [2.05, 4.69) is 4.72 Å². The van der Waals surface area contributed by atoms with Crippen molar-refractivity contribution in [3.63, 3.8) is 0 Å². The number of aryl methyl sites for hydroxylation is 1. The molecule has 1 rings (SSSR count). The number of benzene rings is 1. The Hall–Kier alpha value is -0.830. The summed E-state index contributed by atoms with van der Waals surface area (Å²) in [4.78, 5) is 10.1. The van der Waals surface area contributed by atoms with Crippen LogP contribution in [0.2, 0.25) is 5.02 Å². The van der Waals surface area contributed by atoms with Crippen LogP contribution >= 0.6 is 23.4 Å². The molecular formula is C12H17ClN2O4S2. The highest BCUT2D eigenvalue weighted by Gasteiger charge is 2.23. The predicted octanol–water partition coefficient (Wildman–Crippen LogP) is 2.83. The zero-order valence-corrected chi connectivity index (χ0v) is 14.3. The maximum absolute atomic E-state index is 12.3. The van der Waals surface area contributed by atoms with Crippen molar-refractivity contribution in [2.24, 2.45) is 5.92 Å². The van der Waals surface area contributed by atoms with Gasteiger partial charge in [0, 0.05) is 12.6 Å². The van der Waals surface area contributed by atoms with Crippen LogP contribution in [0.1, 0.15) is 12.5 Å². The molecule has 0 saturated carbocycles. The lowest BCUT2D eigenvalue weighted by molar-refractivity contribution is -0.384. The normalized spacial score (nSPS) is 13.1.